The Morgan fingerprint density at radius 2 is 1.43 bits per heavy atom. The summed E-state index contributed by atoms with van der Waals surface area (Å²) in [6, 6.07) is 17.7. The van der Waals surface area contributed by atoms with Gasteiger partial charge < -0.3 is 40.6 Å². The number of hydrogen-bond donors (Lipinski definition) is 5. The fourth-order valence-corrected chi connectivity index (χ4v) is 7.85. The summed E-state index contributed by atoms with van der Waals surface area (Å²) in [5.41, 5.74) is 5.53. The number of aromatic nitrogens is 8. The molecule has 0 aliphatic carbocycles. The molecule has 312 valence electrons. The second-order valence-electron chi connectivity index (χ2n) is 14.5. The highest BCUT2D eigenvalue weighted by atomic mass is 16.6. The van der Waals surface area contributed by atoms with E-state index < -0.39 is 48.4 Å². The van der Waals surface area contributed by atoms with Crippen molar-refractivity contribution >= 4 is 45.8 Å². The number of nitrogen functional groups attached to an aromatic ring is 1. The minimum atomic E-state index is -1.66. The number of benzene rings is 2. The number of carbonyl (C=O) groups excluding carboxylic acids is 2. The molecule has 6 heterocycles. The normalized spacial score (nSPS) is 26.0. The second kappa shape index (κ2) is 17.4. The van der Waals surface area contributed by atoms with Gasteiger partial charge in [-0.05, 0) is 30.7 Å². The summed E-state index contributed by atoms with van der Waals surface area (Å²) in [5.74, 6) is -0.432. The Hall–Kier alpha value is -6.44. The molecule has 2 aromatic carbocycles. The van der Waals surface area contributed by atoms with E-state index in [1.165, 1.54) is 29.6 Å². The molecule has 8 rings (SSSR count). The maximum absolute atomic E-state index is 13.3. The highest BCUT2D eigenvalue weighted by Crippen LogP contribution is 2.50. The van der Waals surface area contributed by atoms with Crippen LogP contribution in [-0.4, -0.2) is 102 Å². The topological polar surface area (TPSA) is 248 Å². The predicted octanol–water partition coefficient (Wildman–Crippen LogP) is 4.16. The molecule has 6 aromatic rings. The molecule has 0 bridgehead atoms. The number of nitrogens with two attached hydrogens (primary N) is 1. The lowest BCUT2D eigenvalue weighted by atomic mass is 9.82. The van der Waals surface area contributed by atoms with Gasteiger partial charge in [-0.25, -0.2) is 34.7 Å². The van der Waals surface area contributed by atoms with Gasteiger partial charge in [-0.3, -0.25) is 13.9 Å². The first-order chi connectivity index (χ1) is 29.0. The molecule has 0 saturated carbocycles. The third kappa shape index (κ3) is 7.50. The van der Waals surface area contributed by atoms with Gasteiger partial charge in [0.05, 0.1) is 30.9 Å². The van der Waals surface area contributed by atoms with Crippen LogP contribution in [0.3, 0.4) is 0 Å². The van der Waals surface area contributed by atoms with Gasteiger partial charge in [-0.15, -0.1) is 13.2 Å². The third-order valence-electron chi connectivity index (χ3n) is 11.0. The smallest absolute Gasteiger partial charge is 0.338 e. The number of aliphatic hydroxyl groups excluding tert-OH is 2. The molecule has 1 amide bonds. The number of amides is 1. The zero-order valence-corrected chi connectivity index (χ0v) is 33.0. The van der Waals surface area contributed by atoms with E-state index in [-0.39, 0.29) is 36.0 Å². The van der Waals surface area contributed by atoms with E-state index in [0.717, 1.165) is 6.42 Å². The van der Waals surface area contributed by atoms with Crippen LogP contribution in [0.2, 0.25) is 0 Å². The van der Waals surface area contributed by atoms with Crippen LogP contribution >= 0.6 is 0 Å². The molecule has 18 nitrogen and oxygen atoms in total. The fraction of sp³-hybridized carbons (Fsp3) is 0.333. The van der Waals surface area contributed by atoms with E-state index in [4.69, 9.17) is 19.9 Å². The number of nitrogens with zero attached hydrogens (tertiary/aromatic N) is 8. The first-order valence-electron chi connectivity index (χ1n) is 19.3. The van der Waals surface area contributed by atoms with Crippen LogP contribution in [0.5, 0.6) is 0 Å². The van der Waals surface area contributed by atoms with Crippen molar-refractivity contribution in [2.75, 3.05) is 17.7 Å². The number of fused-ring (bicyclic) bond motifs is 2. The first kappa shape index (κ1) is 41.7. The van der Waals surface area contributed by atoms with Gasteiger partial charge >= 0.3 is 5.97 Å². The molecule has 18 heteroatoms. The minimum absolute atomic E-state index is 0.0651. The molecule has 2 fully saturated rings. The van der Waals surface area contributed by atoms with Crippen molar-refractivity contribution in [3.63, 3.8) is 0 Å². The van der Waals surface area contributed by atoms with E-state index in [1.807, 2.05) is 26.0 Å². The summed E-state index contributed by atoms with van der Waals surface area (Å²) in [6.07, 6.45) is 5.88. The number of anilines is 2. The average Bonchev–Trinajstić information content (AvgIpc) is 4.02. The highest BCUT2D eigenvalue weighted by Gasteiger charge is 2.58. The monoisotopic (exact) mass is 818 g/mol. The standard InChI is InChI=1S/C29H29N5O4.C13H17N5O4/c1-4-16-29(38-27(36)21-14-10-7-11-15-21)19(3)22(5-2)37-28(29)34-18-32-23-24(30-17-31-25(23)34)33-26(35)20-12-8-6-9-13-20;1-2-3-13(21)9(20)7(4-19)22-12(13)18-6-17-8-10(14)15-5-16-11(8)18/h4,6-15,17-19,22,28H,1,5,16H2,2-3H3,(H,30,31,33,35);2,5-7,9,12,19-21H,1,3-4H2,(H2,14,15,16)/t19-,22-,28?,29-;7-,9-,12?,13-/m11/s1. The lowest BCUT2D eigenvalue weighted by Crippen LogP contribution is -2.46. The van der Waals surface area contributed by atoms with Gasteiger partial charge in [0.15, 0.2) is 46.5 Å². The van der Waals surface area contributed by atoms with E-state index in [9.17, 15) is 24.9 Å². The Morgan fingerprint density at radius 1 is 0.850 bits per heavy atom. The van der Waals surface area contributed by atoms with Crippen LogP contribution in [-0.2, 0) is 14.2 Å². The summed E-state index contributed by atoms with van der Waals surface area (Å²) >= 11 is 0. The van der Waals surface area contributed by atoms with Gasteiger partial charge in [0.1, 0.15) is 36.0 Å². The molecule has 2 aliphatic heterocycles. The Bertz CT molecular complexity index is 2480. The van der Waals surface area contributed by atoms with Crippen molar-refractivity contribution in [2.24, 2.45) is 5.92 Å². The zero-order valence-electron chi connectivity index (χ0n) is 33.0. The largest absolute Gasteiger partial charge is 0.450 e. The van der Waals surface area contributed by atoms with Crippen molar-refractivity contribution in [1.82, 2.24) is 39.0 Å². The van der Waals surface area contributed by atoms with Crippen LogP contribution in [0.4, 0.5) is 11.6 Å². The van der Waals surface area contributed by atoms with Gasteiger partial charge in [0.2, 0.25) is 0 Å². The number of esters is 1. The third-order valence-corrected chi connectivity index (χ3v) is 11.0. The van der Waals surface area contributed by atoms with Crippen molar-refractivity contribution in [3.8, 4) is 0 Å². The van der Waals surface area contributed by atoms with E-state index in [2.05, 4.69) is 48.4 Å². The molecule has 0 radical (unpaired) electrons. The predicted molar refractivity (Wildman–Crippen MR) is 219 cm³/mol. The fourth-order valence-electron chi connectivity index (χ4n) is 7.85. The number of nitrogens with one attached hydrogen (secondary N) is 1. The second-order valence-corrected chi connectivity index (χ2v) is 14.5. The Balaban J connectivity index is 0.000000210. The molecule has 60 heavy (non-hydrogen) atoms. The lowest BCUT2D eigenvalue weighted by molar-refractivity contribution is -0.105. The van der Waals surface area contributed by atoms with Crippen LogP contribution < -0.4 is 11.1 Å². The maximum atomic E-state index is 13.3. The average molecular weight is 819 g/mol. The van der Waals surface area contributed by atoms with Crippen molar-refractivity contribution < 1.29 is 39.1 Å². The summed E-state index contributed by atoms with van der Waals surface area (Å²) < 4.78 is 21.7. The molecular weight excluding hydrogens is 773 g/mol. The van der Waals surface area contributed by atoms with Crippen LogP contribution in [0, 0.1) is 5.92 Å². The zero-order chi connectivity index (χ0) is 42.6. The van der Waals surface area contributed by atoms with Crippen molar-refractivity contribution in [3.05, 3.63) is 122 Å². The van der Waals surface area contributed by atoms with Crippen LogP contribution in [0.1, 0.15) is 66.3 Å². The number of hydrogen-bond acceptors (Lipinski definition) is 15. The summed E-state index contributed by atoms with van der Waals surface area (Å²) in [5, 5.41) is 33.2. The summed E-state index contributed by atoms with van der Waals surface area (Å²) in [6.45, 7) is 11.2. The van der Waals surface area contributed by atoms with Gasteiger partial charge in [-0.2, -0.15) is 0 Å². The quantitative estimate of drug-likeness (QED) is 0.0859. The van der Waals surface area contributed by atoms with Gasteiger partial charge in [0.25, 0.3) is 5.91 Å². The Kier molecular flexibility index (Phi) is 12.1. The molecule has 2 saturated heterocycles. The van der Waals surface area contributed by atoms with Gasteiger partial charge in [0, 0.05) is 24.3 Å². The molecule has 6 N–H and O–H groups in total. The van der Waals surface area contributed by atoms with E-state index in [0.29, 0.717) is 39.9 Å². The van der Waals surface area contributed by atoms with Crippen molar-refractivity contribution in [2.45, 2.75) is 75.1 Å². The van der Waals surface area contributed by atoms with Crippen molar-refractivity contribution in [1.29, 1.82) is 0 Å². The van der Waals surface area contributed by atoms with Crippen LogP contribution in [0.15, 0.2) is 111 Å². The number of carbonyl (C=O) groups is 2. The maximum Gasteiger partial charge on any atom is 0.338 e. The van der Waals surface area contributed by atoms with E-state index >= 15 is 0 Å². The summed E-state index contributed by atoms with van der Waals surface area (Å²) in [7, 11) is 0. The number of aliphatic hydroxyl groups is 3. The highest BCUT2D eigenvalue weighted by molar-refractivity contribution is 6.06. The molecule has 2 aliphatic rings. The molecule has 4 aromatic heterocycles. The molecular formula is C42H46N10O8. The number of imidazole rings is 2. The van der Waals surface area contributed by atoms with E-state index in [1.54, 1.807) is 65.5 Å². The Labute approximate surface area is 344 Å². The molecule has 2 unspecified atom stereocenters. The number of rotatable bonds is 12. The molecule has 0 spiro atoms. The summed E-state index contributed by atoms with van der Waals surface area (Å²) in [4.78, 5) is 51.4. The van der Waals surface area contributed by atoms with Crippen LogP contribution in [0.25, 0.3) is 22.3 Å². The van der Waals surface area contributed by atoms with Gasteiger partial charge in [-0.1, -0.05) is 62.4 Å². The Morgan fingerprint density at radius 3 is 2.07 bits per heavy atom. The first-order valence-corrected chi connectivity index (χ1v) is 19.3. The number of ether oxygens (including phenoxy) is 3. The SMILES string of the molecule is C=CC[C@]1(O)C(n2cnc3c(N)ncnc32)O[C@H](CO)[C@H]1O.C=CC[C@]1(OC(=O)c2ccccc2)C(n2cnc3c(NC(=O)c4ccccc4)ncnc32)O[C@H](CC)[C@H]1C. The minimum Gasteiger partial charge on any atom is -0.450 e. The molecule has 8 atom stereocenters. The lowest BCUT2D eigenvalue weighted by Gasteiger charge is -2.36.